The average Bonchev–Trinajstić information content (AvgIpc) is 2.60. The average molecular weight is 340 g/mol. The number of pyridine rings is 1. The smallest absolute Gasteiger partial charge is 0.224 e. The number of halogens is 1. The van der Waals surface area contributed by atoms with E-state index in [1.807, 2.05) is 42.4 Å². The second-order valence-electron chi connectivity index (χ2n) is 5.54. The molecule has 0 aliphatic carbocycles. The molecule has 5 nitrogen and oxygen atoms in total. The van der Waals surface area contributed by atoms with Gasteiger partial charge >= 0.3 is 0 Å². The van der Waals surface area contributed by atoms with Crippen molar-refractivity contribution in [2.24, 2.45) is 0 Å². The summed E-state index contributed by atoms with van der Waals surface area (Å²) in [4.78, 5) is 14.3. The van der Waals surface area contributed by atoms with Crippen LogP contribution in [0.1, 0.15) is 11.1 Å². The Morgan fingerprint density at radius 1 is 1.08 bits per heavy atom. The van der Waals surface area contributed by atoms with Crippen LogP contribution in [0.3, 0.4) is 0 Å². The molecule has 0 amide bonds. The molecule has 0 radical (unpaired) electrons. The van der Waals surface area contributed by atoms with Gasteiger partial charge in [-0.1, -0.05) is 12.1 Å². The molecule has 0 bridgehead atoms. The van der Waals surface area contributed by atoms with E-state index in [0.717, 1.165) is 29.9 Å². The zero-order chi connectivity index (χ0) is 16.9. The van der Waals surface area contributed by atoms with E-state index in [-0.39, 0.29) is 5.28 Å². The second-order valence-corrected chi connectivity index (χ2v) is 5.88. The Labute approximate surface area is 146 Å². The first-order valence-corrected chi connectivity index (χ1v) is 8.00. The molecule has 24 heavy (non-hydrogen) atoms. The van der Waals surface area contributed by atoms with E-state index >= 15 is 0 Å². The fourth-order valence-electron chi connectivity index (χ4n) is 2.50. The molecule has 0 spiro atoms. The zero-order valence-electron chi connectivity index (χ0n) is 13.4. The van der Waals surface area contributed by atoms with Gasteiger partial charge in [-0.3, -0.25) is 4.98 Å². The van der Waals surface area contributed by atoms with Crippen molar-refractivity contribution in [3.63, 3.8) is 0 Å². The topological polar surface area (TPSA) is 67.9 Å². The minimum atomic E-state index is 0.240. The van der Waals surface area contributed by atoms with E-state index in [1.165, 1.54) is 5.56 Å². The molecule has 1 aromatic carbocycles. The molecular formula is C18H18ClN5. The Morgan fingerprint density at radius 3 is 2.71 bits per heavy atom. The van der Waals surface area contributed by atoms with Gasteiger partial charge in [0.05, 0.1) is 5.69 Å². The number of benzene rings is 1. The van der Waals surface area contributed by atoms with Crippen LogP contribution in [-0.2, 0) is 12.8 Å². The maximum atomic E-state index is 5.87. The molecule has 3 rings (SSSR count). The summed E-state index contributed by atoms with van der Waals surface area (Å²) in [6.07, 6.45) is 6.97. The van der Waals surface area contributed by atoms with E-state index in [0.29, 0.717) is 5.69 Å². The van der Waals surface area contributed by atoms with Crippen LogP contribution in [0.4, 0.5) is 17.2 Å². The molecule has 0 unspecified atom stereocenters. The molecule has 0 saturated carbocycles. The van der Waals surface area contributed by atoms with E-state index in [2.05, 4.69) is 27.1 Å². The third-order valence-corrected chi connectivity index (χ3v) is 3.95. The van der Waals surface area contributed by atoms with Gasteiger partial charge in [0.1, 0.15) is 5.82 Å². The van der Waals surface area contributed by atoms with Crippen LogP contribution in [0.5, 0.6) is 0 Å². The minimum Gasteiger partial charge on any atom is -0.397 e. The Bertz CT molecular complexity index is 837. The molecule has 2 N–H and O–H groups in total. The quantitative estimate of drug-likeness (QED) is 0.718. The van der Waals surface area contributed by atoms with E-state index in [4.69, 9.17) is 17.3 Å². The number of nitrogens with zero attached hydrogens (tertiary/aromatic N) is 4. The van der Waals surface area contributed by atoms with E-state index < -0.39 is 0 Å². The Kier molecular flexibility index (Phi) is 4.91. The number of anilines is 3. The van der Waals surface area contributed by atoms with Crippen LogP contribution in [0.25, 0.3) is 0 Å². The van der Waals surface area contributed by atoms with Crippen molar-refractivity contribution in [3.8, 4) is 0 Å². The fraction of sp³-hybridized carbons (Fsp3) is 0.167. The lowest BCUT2D eigenvalue weighted by atomic mass is 10.0. The lowest BCUT2D eigenvalue weighted by Crippen LogP contribution is -2.11. The number of aromatic nitrogens is 3. The molecule has 0 aliphatic heterocycles. The summed E-state index contributed by atoms with van der Waals surface area (Å²) in [7, 11) is 1.96. The van der Waals surface area contributed by atoms with Gasteiger partial charge in [-0.05, 0) is 59.8 Å². The van der Waals surface area contributed by atoms with Crippen molar-refractivity contribution in [1.82, 2.24) is 15.0 Å². The highest BCUT2D eigenvalue weighted by Crippen LogP contribution is 2.23. The lowest BCUT2D eigenvalue weighted by molar-refractivity contribution is 0.949. The summed E-state index contributed by atoms with van der Waals surface area (Å²) in [6.45, 7) is 0. The van der Waals surface area contributed by atoms with Crippen LogP contribution in [0.2, 0.25) is 5.28 Å². The molecule has 6 heteroatoms. The van der Waals surface area contributed by atoms with Gasteiger partial charge in [-0.25, -0.2) is 9.97 Å². The fourth-order valence-corrected chi connectivity index (χ4v) is 2.64. The Morgan fingerprint density at radius 2 is 1.92 bits per heavy atom. The molecule has 0 fully saturated rings. The van der Waals surface area contributed by atoms with Crippen molar-refractivity contribution in [3.05, 3.63) is 71.4 Å². The minimum absolute atomic E-state index is 0.240. The van der Waals surface area contributed by atoms with Crippen molar-refractivity contribution < 1.29 is 0 Å². The highest BCUT2D eigenvalue weighted by Gasteiger charge is 2.07. The van der Waals surface area contributed by atoms with Gasteiger partial charge in [0, 0.05) is 31.3 Å². The Hall–Kier alpha value is -2.66. The normalized spacial score (nSPS) is 10.6. The molecule has 0 aliphatic rings. The second kappa shape index (κ2) is 7.27. The van der Waals surface area contributed by atoms with Crippen LogP contribution >= 0.6 is 11.6 Å². The summed E-state index contributed by atoms with van der Waals surface area (Å²) in [5.41, 5.74) is 9.89. The number of hydrogen-bond donors (Lipinski definition) is 1. The molecule has 0 saturated heterocycles. The van der Waals surface area contributed by atoms with Crippen LogP contribution < -0.4 is 10.6 Å². The van der Waals surface area contributed by atoms with Crippen molar-refractivity contribution in [2.45, 2.75) is 12.8 Å². The van der Waals surface area contributed by atoms with Gasteiger partial charge in [0.25, 0.3) is 0 Å². The van der Waals surface area contributed by atoms with Crippen molar-refractivity contribution in [1.29, 1.82) is 0 Å². The Balaban J connectivity index is 1.74. The van der Waals surface area contributed by atoms with Gasteiger partial charge in [0.2, 0.25) is 5.28 Å². The predicted octanol–water partition coefficient (Wildman–Crippen LogP) is 3.66. The van der Waals surface area contributed by atoms with Gasteiger partial charge in [-0.2, -0.15) is 0 Å². The van der Waals surface area contributed by atoms with E-state index in [1.54, 1.807) is 12.4 Å². The number of aryl methyl sites for hydroxylation is 2. The van der Waals surface area contributed by atoms with Crippen molar-refractivity contribution >= 4 is 28.8 Å². The van der Waals surface area contributed by atoms with Crippen LogP contribution in [0, 0.1) is 0 Å². The predicted molar refractivity (Wildman–Crippen MR) is 97.6 cm³/mol. The highest BCUT2D eigenvalue weighted by molar-refractivity contribution is 6.28. The first-order chi connectivity index (χ1) is 11.6. The SMILES string of the molecule is CN(c1cccc(CCc2cncc(N)c2)c1)c1ccnc(Cl)n1. The van der Waals surface area contributed by atoms with Crippen LogP contribution in [-0.4, -0.2) is 22.0 Å². The summed E-state index contributed by atoms with van der Waals surface area (Å²) in [6, 6.07) is 12.1. The first kappa shape index (κ1) is 16.2. The van der Waals surface area contributed by atoms with Gasteiger partial charge in [-0.15, -0.1) is 0 Å². The van der Waals surface area contributed by atoms with E-state index in [9.17, 15) is 0 Å². The summed E-state index contributed by atoms with van der Waals surface area (Å²) >= 11 is 5.87. The maximum Gasteiger partial charge on any atom is 0.224 e. The molecule has 122 valence electrons. The molecule has 0 atom stereocenters. The summed E-state index contributed by atoms with van der Waals surface area (Å²) < 4.78 is 0. The first-order valence-electron chi connectivity index (χ1n) is 7.62. The largest absolute Gasteiger partial charge is 0.397 e. The standard InChI is InChI=1S/C18H18ClN5/c1-24(17-7-8-22-18(19)23-17)16-4-2-3-13(10-16)5-6-14-9-15(20)12-21-11-14/h2-4,7-12H,5-6,20H2,1H3. The number of nitrogen functional groups attached to an aromatic ring is 1. The van der Waals surface area contributed by atoms with Crippen molar-refractivity contribution in [2.75, 3.05) is 17.7 Å². The lowest BCUT2D eigenvalue weighted by Gasteiger charge is -2.19. The zero-order valence-corrected chi connectivity index (χ0v) is 14.1. The molecule has 2 heterocycles. The maximum absolute atomic E-state index is 5.87. The molecular weight excluding hydrogens is 322 g/mol. The number of rotatable bonds is 5. The molecule has 2 aromatic heterocycles. The summed E-state index contributed by atoms with van der Waals surface area (Å²) in [5.74, 6) is 0.757. The number of hydrogen-bond acceptors (Lipinski definition) is 5. The molecule has 3 aromatic rings. The summed E-state index contributed by atoms with van der Waals surface area (Å²) in [5, 5.41) is 0.240. The highest BCUT2D eigenvalue weighted by atomic mass is 35.5. The number of nitrogens with two attached hydrogens (primary N) is 1. The third-order valence-electron chi connectivity index (χ3n) is 3.77. The monoisotopic (exact) mass is 339 g/mol. The third kappa shape index (κ3) is 4.00. The van der Waals surface area contributed by atoms with Gasteiger partial charge in [0.15, 0.2) is 0 Å². The van der Waals surface area contributed by atoms with Crippen LogP contribution in [0.15, 0.2) is 55.0 Å². The van der Waals surface area contributed by atoms with Gasteiger partial charge < -0.3 is 10.6 Å².